The number of hydrogen-bond acceptors (Lipinski definition) is 4. The Hall–Kier alpha value is -2.66. The van der Waals surface area contributed by atoms with Crippen LogP contribution < -0.4 is 4.90 Å². The lowest BCUT2D eigenvalue weighted by Gasteiger charge is -2.22. The molecule has 1 aromatic heterocycles. The molecule has 130 valence electrons. The minimum atomic E-state index is -1.81. The Labute approximate surface area is 146 Å². The van der Waals surface area contributed by atoms with Crippen molar-refractivity contribution in [3.8, 4) is 0 Å². The molecule has 0 aliphatic carbocycles. The Morgan fingerprint density at radius 2 is 2.08 bits per heavy atom. The molecule has 5 nitrogen and oxygen atoms in total. The van der Waals surface area contributed by atoms with Crippen LogP contribution in [0.5, 0.6) is 0 Å². The van der Waals surface area contributed by atoms with E-state index in [1.807, 2.05) is 19.1 Å². The molecule has 0 unspecified atom stereocenters. The topological polar surface area (TPSA) is 70.8 Å². The highest BCUT2D eigenvalue weighted by Crippen LogP contribution is 2.42. The number of carbonyl (C=O) groups excluding carboxylic acids is 2. The third-order valence-electron chi connectivity index (χ3n) is 4.38. The fourth-order valence-corrected chi connectivity index (χ4v) is 3.09. The molecule has 25 heavy (non-hydrogen) atoms. The first-order valence-corrected chi connectivity index (χ1v) is 8.44. The molecule has 1 atom stereocenters. The predicted octanol–water partition coefficient (Wildman–Crippen LogP) is 3.29. The van der Waals surface area contributed by atoms with E-state index in [0.717, 1.165) is 12.8 Å². The zero-order valence-corrected chi connectivity index (χ0v) is 14.1. The van der Waals surface area contributed by atoms with Crippen molar-refractivity contribution in [2.75, 3.05) is 11.4 Å². The molecule has 2 aromatic rings. The van der Waals surface area contributed by atoms with Crippen LogP contribution in [-0.4, -0.2) is 23.3 Å². The molecule has 0 saturated heterocycles. The number of furan rings is 1. The summed E-state index contributed by atoms with van der Waals surface area (Å²) in [6, 6.07) is 10.6. The second-order valence-electron chi connectivity index (χ2n) is 6.18. The molecule has 5 heteroatoms. The molecule has 0 fully saturated rings. The summed E-state index contributed by atoms with van der Waals surface area (Å²) in [5.41, 5.74) is -0.628. The van der Waals surface area contributed by atoms with Crippen molar-refractivity contribution < 1.29 is 19.1 Å². The van der Waals surface area contributed by atoms with Crippen LogP contribution in [-0.2, 0) is 15.2 Å². The van der Waals surface area contributed by atoms with Crippen LogP contribution >= 0.6 is 0 Å². The van der Waals surface area contributed by atoms with Gasteiger partial charge in [0.2, 0.25) is 0 Å². The number of carbonyl (C=O) groups is 2. The molecule has 2 heterocycles. The van der Waals surface area contributed by atoms with Gasteiger partial charge >= 0.3 is 0 Å². The van der Waals surface area contributed by atoms with Gasteiger partial charge in [0, 0.05) is 12.1 Å². The second-order valence-corrected chi connectivity index (χ2v) is 6.18. The highest BCUT2D eigenvalue weighted by Gasteiger charge is 2.50. The van der Waals surface area contributed by atoms with E-state index in [9.17, 15) is 14.7 Å². The van der Waals surface area contributed by atoms with Crippen molar-refractivity contribution in [2.45, 2.75) is 31.8 Å². The molecule has 0 bridgehead atoms. The second kappa shape index (κ2) is 7.07. The van der Waals surface area contributed by atoms with Crippen LogP contribution in [0.15, 0.2) is 53.2 Å². The van der Waals surface area contributed by atoms with E-state index in [1.165, 1.54) is 18.4 Å². The summed E-state index contributed by atoms with van der Waals surface area (Å²) in [4.78, 5) is 26.7. The largest absolute Gasteiger partial charge is 0.465 e. The maximum atomic E-state index is 12.8. The fraction of sp³-hybridized carbons (Fsp3) is 0.300. The highest BCUT2D eigenvalue weighted by molar-refractivity contribution is 6.10. The van der Waals surface area contributed by atoms with Gasteiger partial charge in [0.25, 0.3) is 5.91 Å². The monoisotopic (exact) mass is 339 g/mol. The van der Waals surface area contributed by atoms with Crippen molar-refractivity contribution in [2.24, 2.45) is 0 Å². The van der Waals surface area contributed by atoms with E-state index in [-0.39, 0.29) is 12.2 Å². The van der Waals surface area contributed by atoms with Crippen molar-refractivity contribution in [3.05, 3.63) is 60.1 Å². The number of benzene rings is 1. The maximum absolute atomic E-state index is 12.8. The van der Waals surface area contributed by atoms with Crippen LogP contribution in [0, 0.1) is 0 Å². The zero-order valence-electron chi connectivity index (χ0n) is 14.1. The minimum Gasteiger partial charge on any atom is -0.465 e. The zero-order chi connectivity index (χ0) is 17.9. The van der Waals surface area contributed by atoms with Gasteiger partial charge in [-0.25, -0.2) is 0 Å². The number of anilines is 1. The number of unbranched alkanes of at least 4 members (excludes halogenated alkanes) is 1. The Morgan fingerprint density at radius 1 is 1.28 bits per heavy atom. The van der Waals surface area contributed by atoms with E-state index in [2.05, 4.69) is 0 Å². The number of allylic oxidation sites excluding steroid dienone is 1. The van der Waals surface area contributed by atoms with Gasteiger partial charge in [-0.1, -0.05) is 31.5 Å². The molecule has 1 aliphatic heterocycles. The lowest BCUT2D eigenvalue weighted by Crippen LogP contribution is -2.42. The predicted molar refractivity (Wildman–Crippen MR) is 95.0 cm³/mol. The number of aliphatic hydroxyl groups is 1. The van der Waals surface area contributed by atoms with Gasteiger partial charge in [-0.05, 0) is 36.8 Å². The molecule has 1 N–H and O–H groups in total. The summed E-state index contributed by atoms with van der Waals surface area (Å²) in [5, 5.41) is 11.0. The van der Waals surface area contributed by atoms with E-state index in [4.69, 9.17) is 4.42 Å². The fourth-order valence-electron chi connectivity index (χ4n) is 3.09. The van der Waals surface area contributed by atoms with Gasteiger partial charge in [0.05, 0.1) is 18.4 Å². The molecule has 1 aliphatic rings. The third kappa shape index (κ3) is 3.28. The summed E-state index contributed by atoms with van der Waals surface area (Å²) >= 11 is 0. The van der Waals surface area contributed by atoms with Crippen LogP contribution in [0.25, 0.3) is 6.08 Å². The van der Waals surface area contributed by atoms with Crippen molar-refractivity contribution in [1.29, 1.82) is 0 Å². The Balaban J connectivity index is 1.84. The molecular formula is C20H21NO4. The normalized spacial score (nSPS) is 19.6. The van der Waals surface area contributed by atoms with E-state index < -0.39 is 11.5 Å². The van der Waals surface area contributed by atoms with Crippen molar-refractivity contribution in [1.82, 2.24) is 0 Å². The van der Waals surface area contributed by atoms with Crippen molar-refractivity contribution in [3.63, 3.8) is 0 Å². The van der Waals surface area contributed by atoms with Crippen LogP contribution in [0.1, 0.15) is 37.5 Å². The van der Waals surface area contributed by atoms with Gasteiger partial charge in [0.1, 0.15) is 5.76 Å². The highest BCUT2D eigenvalue weighted by atomic mass is 16.3. The summed E-state index contributed by atoms with van der Waals surface area (Å²) in [6.07, 6.45) is 5.87. The van der Waals surface area contributed by atoms with E-state index in [0.29, 0.717) is 23.6 Å². The number of nitrogens with zero attached hydrogens (tertiary/aromatic N) is 1. The number of ketones is 1. The molecule has 1 aromatic carbocycles. The number of amides is 1. The maximum Gasteiger partial charge on any atom is 0.264 e. The molecule has 0 spiro atoms. The molecule has 0 saturated carbocycles. The molecule has 1 amide bonds. The van der Waals surface area contributed by atoms with Gasteiger partial charge in [-0.3, -0.25) is 9.59 Å². The lowest BCUT2D eigenvalue weighted by atomic mass is 9.90. The first kappa shape index (κ1) is 17.2. The van der Waals surface area contributed by atoms with Crippen LogP contribution in [0.2, 0.25) is 0 Å². The standard InChI is InChI=1S/C20H21NO4/c1-2-3-12-21-18-9-5-4-8-17(18)20(24,19(21)23)14-15(22)10-11-16-7-6-13-25-16/h4-11,13,24H,2-3,12,14H2,1H3/b11-10-/t20-/m0/s1. The quantitative estimate of drug-likeness (QED) is 0.786. The first-order valence-electron chi connectivity index (χ1n) is 8.44. The average molecular weight is 339 g/mol. The average Bonchev–Trinajstić information content (AvgIpc) is 3.19. The van der Waals surface area contributed by atoms with Gasteiger partial charge in [0.15, 0.2) is 11.4 Å². The number of rotatable bonds is 7. The Morgan fingerprint density at radius 3 is 2.80 bits per heavy atom. The van der Waals surface area contributed by atoms with Crippen molar-refractivity contribution >= 4 is 23.5 Å². The lowest BCUT2D eigenvalue weighted by molar-refractivity contribution is -0.140. The van der Waals surface area contributed by atoms with Crippen LogP contribution in [0.3, 0.4) is 0 Å². The Bertz CT molecular complexity index is 794. The van der Waals surface area contributed by atoms with Gasteiger partial charge < -0.3 is 14.4 Å². The first-order chi connectivity index (χ1) is 12.1. The van der Waals surface area contributed by atoms with E-state index >= 15 is 0 Å². The third-order valence-corrected chi connectivity index (χ3v) is 4.38. The number of hydrogen-bond donors (Lipinski definition) is 1. The van der Waals surface area contributed by atoms with E-state index in [1.54, 1.807) is 29.2 Å². The minimum absolute atomic E-state index is 0.289. The molecular weight excluding hydrogens is 318 g/mol. The number of para-hydroxylation sites is 1. The molecule has 3 rings (SSSR count). The van der Waals surface area contributed by atoms with Crippen LogP contribution in [0.4, 0.5) is 5.69 Å². The number of fused-ring (bicyclic) bond motifs is 1. The SMILES string of the molecule is CCCCN1C(=O)[C@](O)(CC(=O)/C=C\c2ccco2)c2ccccc21. The summed E-state index contributed by atoms with van der Waals surface area (Å²) in [6.45, 7) is 2.58. The van der Waals surface area contributed by atoms with Gasteiger partial charge in [-0.2, -0.15) is 0 Å². The molecule has 0 radical (unpaired) electrons. The summed E-state index contributed by atoms with van der Waals surface area (Å²) in [5.74, 6) is -0.218. The Kier molecular flexibility index (Phi) is 4.86. The van der Waals surface area contributed by atoms with Gasteiger partial charge in [-0.15, -0.1) is 0 Å². The smallest absolute Gasteiger partial charge is 0.264 e. The summed E-state index contributed by atoms with van der Waals surface area (Å²) < 4.78 is 5.14. The summed E-state index contributed by atoms with van der Waals surface area (Å²) in [7, 11) is 0.